The molecule has 0 spiro atoms. The fourth-order valence-electron chi connectivity index (χ4n) is 2.74. The number of carbonyl (C=O) groups is 2. The van der Waals surface area contributed by atoms with Gasteiger partial charge in [-0.3, -0.25) is 9.59 Å². The number of rotatable bonds is 7. The van der Waals surface area contributed by atoms with E-state index in [9.17, 15) is 14.8 Å². The Hall–Kier alpha value is -3.32. The molecule has 7 heteroatoms. The first-order valence-electron chi connectivity index (χ1n) is 9.10. The lowest BCUT2D eigenvalue weighted by Gasteiger charge is -2.16. The van der Waals surface area contributed by atoms with E-state index >= 15 is 0 Å². The Morgan fingerprint density at radius 3 is 2.45 bits per heavy atom. The Balaban J connectivity index is 1.64. The van der Waals surface area contributed by atoms with Crippen LogP contribution in [0.2, 0.25) is 0 Å². The Labute approximate surface area is 173 Å². The maximum Gasteiger partial charge on any atom is 0.253 e. The number of anilines is 1. The van der Waals surface area contributed by atoms with E-state index in [1.54, 1.807) is 42.5 Å². The van der Waals surface area contributed by atoms with Crippen molar-refractivity contribution in [2.45, 2.75) is 18.0 Å². The van der Waals surface area contributed by atoms with Gasteiger partial charge in [-0.1, -0.05) is 42.5 Å². The lowest BCUT2D eigenvalue weighted by molar-refractivity contribution is -0.645. The summed E-state index contributed by atoms with van der Waals surface area (Å²) in [6.07, 6.45) is 1.38. The molecule has 0 bridgehead atoms. The van der Waals surface area contributed by atoms with Crippen molar-refractivity contribution in [1.82, 2.24) is 5.32 Å². The summed E-state index contributed by atoms with van der Waals surface area (Å²) >= 11 is 1.13. The number of aromatic nitrogens is 1. The predicted molar refractivity (Wildman–Crippen MR) is 114 cm³/mol. The highest BCUT2D eigenvalue weighted by molar-refractivity contribution is 7.99. The molecule has 3 rings (SSSR count). The lowest BCUT2D eigenvalue weighted by atomic mass is 10.1. The summed E-state index contributed by atoms with van der Waals surface area (Å²) in [5.74, 6) is -0.511. The van der Waals surface area contributed by atoms with Gasteiger partial charge in [0.1, 0.15) is 0 Å². The minimum absolute atomic E-state index is 0.0582. The highest BCUT2D eigenvalue weighted by Gasteiger charge is 2.16. The van der Waals surface area contributed by atoms with Gasteiger partial charge in [-0.05, 0) is 42.4 Å². The van der Waals surface area contributed by atoms with Crippen LogP contribution in [-0.4, -0.2) is 17.6 Å². The number of thioether (sulfide) groups is 1. The van der Waals surface area contributed by atoms with Crippen molar-refractivity contribution in [3.8, 4) is 0 Å². The third-order valence-corrected chi connectivity index (χ3v) is 5.25. The van der Waals surface area contributed by atoms with Crippen LogP contribution in [0.4, 0.5) is 5.69 Å². The molecule has 0 radical (unpaired) electrons. The van der Waals surface area contributed by atoms with Crippen LogP contribution in [0.25, 0.3) is 0 Å². The molecule has 1 heterocycles. The van der Waals surface area contributed by atoms with Crippen molar-refractivity contribution in [3.05, 3.63) is 95.3 Å². The predicted octanol–water partition coefficient (Wildman–Crippen LogP) is 3.54. The zero-order valence-corrected chi connectivity index (χ0v) is 16.7. The molecule has 3 aromatic rings. The molecule has 0 unspecified atom stereocenters. The van der Waals surface area contributed by atoms with Gasteiger partial charge in [0.2, 0.25) is 5.91 Å². The molecule has 0 aliphatic carbocycles. The van der Waals surface area contributed by atoms with Crippen molar-refractivity contribution in [3.63, 3.8) is 0 Å². The molecule has 148 valence electrons. The smallest absolute Gasteiger partial charge is 0.253 e. The van der Waals surface area contributed by atoms with Crippen molar-refractivity contribution in [2.75, 3.05) is 11.1 Å². The summed E-state index contributed by atoms with van der Waals surface area (Å²) in [6, 6.07) is 21.3. The summed E-state index contributed by atoms with van der Waals surface area (Å²) in [5.41, 5.74) is 1.80. The summed E-state index contributed by atoms with van der Waals surface area (Å²) in [4.78, 5) is 25.1. The standard InChI is InChI=1S/C22H21N3O3S/c1-16(17-9-3-2-4-10-17)23-22(27)18-11-5-6-12-19(18)24-20(26)15-29-21-13-7-8-14-25(21)28/h2-14,16H,15H2,1H3,(H,23,27)(H,24,26)/t16-/m0/s1. The van der Waals surface area contributed by atoms with Crippen LogP contribution < -0.4 is 15.4 Å². The van der Waals surface area contributed by atoms with Gasteiger partial charge in [-0.15, -0.1) is 0 Å². The van der Waals surface area contributed by atoms with Crippen molar-refractivity contribution in [1.29, 1.82) is 0 Å². The highest BCUT2D eigenvalue weighted by Crippen LogP contribution is 2.19. The molecule has 0 saturated heterocycles. The van der Waals surface area contributed by atoms with Gasteiger partial charge in [0.15, 0.2) is 6.20 Å². The Morgan fingerprint density at radius 2 is 1.69 bits per heavy atom. The number of hydrogen-bond donors (Lipinski definition) is 2. The summed E-state index contributed by atoms with van der Waals surface area (Å²) in [7, 11) is 0. The first-order valence-corrected chi connectivity index (χ1v) is 10.1. The van der Waals surface area contributed by atoms with Crippen LogP contribution in [0.3, 0.4) is 0 Å². The SMILES string of the molecule is C[C@H](NC(=O)c1ccccc1NC(=O)CSc1cccc[n+]1[O-])c1ccccc1. The van der Waals surface area contributed by atoms with Gasteiger partial charge < -0.3 is 15.8 Å². The maximum atomic E-state index is 12.7. The van der Waals surface area contributed by atoms with Crippen molar-refractivity contribution in [2.24, 2.45) is 0 Å². The van der Waals surface area contributed by atoms with Gasteiger partial charge in [-0.25, -0.2) is 0 Å². The summed E-state index contributed by atoms with van der Waals surface area (Å²) < 4.78 is 0.713. The van der Waals surface area contributed by atoms with Crippen LogP contribution in [0.15, 0.2) is 84.0 Å². The molecule has 1 aromatic heterocycles. The largest absolute Gasteiger partial charge is 0.618 e. The van der Waals surface area contributed by atoms with E-state index in [1.165, 1.54) is 6.20 Å². The average molecular weight is 407 g/mol. The molecule has 0 fully saturated rings. The van der Waals surface area contributed by atoms with E-state index in [0.29, 0.717) is 21.0 Å². The van der Waals surface area contributed by atoms with Crippen LogP contribution in [0.1, 0.15) is 28.9 Å². The van der Waals surface area contributed by atoms with Gasteiger partial charge in [0.05, 0.1) is 23.0 Å². The second kappa shape index (κ2) is 9.75. The second-order valence-electron chi connectivity index (χ2n) is 6.35. The molecule has 0 saturated carbocycles. The molecule has 0 aliphatic heterocycles. The van der Waals surface area contributed by atoms with E-state index < -0.39 is 0 Å². The normalized spacial score (nSPS) is 11.5. The number of amides is 2. The van der Waals surface area contributed by atoms with Crippen molar-refractivity contribution < 1.29 is 14.3 Å². The molecular weight excluding hydrogens is 386 g/mol. The first-order chi connectivity index (χ1) is 14.0. The van der Waals surface area contributed by atoms with Crippen LogP contribution in [0.5, 0.6) is 0 Å². The zero-order valence-electron chi connectivity index (χ0n) is 15.9. The fraction of sp³-hybridized carbons (Fsp3) is 0.136. The first kappa shape index (κ1) is 20.4. The Kier molecular flexibility index (Phi) is 6.86. The molecule has 2 aromatic carbocycles. The molecule has 2 amide bonds. The monoisotopic (exact) mass is 407 g/mol. The molecule has 29 heavy (non-hydrogen) atoms. The molecule has 2 N–H and O–H groups in total. The van der Waals surface area contributed by atoms with Crippen LogP contribution in [0, 0.1) is 5.21 Å². The Morgan fingerprint density at radius 1 is 1.00 bits per heavy atom. The second-order valence-corrected chi connectivity index (χ2v) is 7.35. The number of para-hydroxylation sites is 1. The summed E-state index contributed by atoms with van der Waals surface area (Å²) in [5, 5.41) is 17.8. The lowest BCUT2D eigenvalue weighted by Crippen LogP contribution is -2.29. The van der Waals surface area contributed by atoms with E-state index in [2.05, 4.69) is 10.6 Å². The van der Waals surface area contributed by atoms with E-state index in [0.717, 1.165) is 17.3 Å². The van der Waals surface area contributed by atoms with E-state index in [1.807, 2.05) is 37.3 Å². The number of hydrogen-bond acceptors (Lipinski definition) is 4. The van der Waals surface area contributed by atoms with Gasteiger partial charge in [0, 0.05) is 12.1 Å². The quantitative estimate of drug-likeness (QED) is 0.356. The van der Waals surface area contributed by atoms with Crippen LogP contribution >= 0.6 is 11.8 Å². The number of carbonyl (C=O) groups excluding carboxylic acids is 2. The number of nitrogens with one attached hydrogen (secondary N) is 2. The molecule has 0 aliphatic rings. The topological polar surface area (TPSA) is 85.1 Å². The van der Waals surface area contributed by atoms with E-state index in [-0.39, 0.29) is 23.6 Å². The van der Waals surface area contributed by atoms with Crippen LogP contribution in [-0.2, 0) is 4.79 Å². The third kappa shape index (κ3) is 5.58. The maximum absolute atomic E-state index is 12.7. The molecular formula is C22H21N3O3S. The minimum Gasteiger partial charge on any atom is -0.618 e. The van der Waals surface area contributed by atoms with Gasteiger partial charge >= 0.3 is 0 Å². The average Bonchev–Trinajstić information content (AvgIpc) is 2.74. The summed E-state index contributed by atoms with van der Waals surface area (Å²) in [6.45, 7) is 1.91. The molecule has 1 atom stereocenters. The number of pyridine rings is 1. The third-order valence-electron chi connectivity index (χ3n) is 4.23. The van der Waals surface area contributed by atoms with Gasteiger partial charge in [0.25, 0.3) is 10.9 Å². The Bertz CT molecular complexity index is 995. The zero-order chi connectivity index (χ0) is 20.6. The van der Waals surface area contributed by atoms with Crippen molar-refractivity contribution >= 4 is 29.3 Å². The number of benzene rings is 2. The van der Waals surface area contributed by atoms with Gasteiger partial charge in [-0.2, -0.15) is 4.73 Å². The van der Waals surface area contributed by atoms with E-state index in [4.69, 9.17) is 0 Å². The highest BCUT2D eigenvalue weighted by atomic mass is 32.2. The number of nitrogens with zero attached hydrogens (tertiary/aromatic N) is 1. The minimum atomic E-state index is -0.296. The fourth-order valence-corrected chi connectivity index (χ4v) is 3.45. The molecule has 6 nitrogen and oxygen atoms in total.